The normalized spacial score (nSPS) is 17.9. The van der Waals surface area contributed by atoms with Crippen molar-refractivity contribution in [3.8, 4) is 0 Å². The Morgan fingerprint density at radius 3 is 1.00 bits per heavy atom. The van der Waals surface area contributed by atoms with Crippen molar-refractivity contribution in [3.63, 3.8) is 0 Å². The van der Waals surface area contributed by atoms with Crippen LogP contribution in [-0.4, -0.2) is 130 Å². The third-order valence-electron chi connectivity index (χ3n) is 23.8. The lowest BCUT2D eigenvalue weighted by molar-refractivity contribution is -0.273. The Morgan fingerprint density at radius 1 is 0.391 bits per heavy atom. The Balaban J connectivity index is 2.60. The number of phosphoric acid groups is 1. The largest absolute Gasteiger partial charge is 0.470 e. The summed E-state index contributed by atoms with van der Waals surface area (Å²) in [4.78, 5) is 109. The summed E-state index contributed by atoms with van der Waals surface area (Å²) in [6.07, 6.45) is 59.7. The number of aliphatic hydroxyl groups excluding tert-OH is 1. The minimum atomic E-state index is -5.49. The number of rotatable bonds is 83. The summed E-state index contributed by atoms with van der Waals surface area (Å²) in [6, 6.07) is -2.10. The molecule has 115 heavy (non-hydrogen) atoms. The summed E-state index contributed by atoms with van der Waals surface area (Å²) < 4.78 is 56.7. The molecular weight excluding hydrogens is 1470 g/mol. The molecule has 0 spiro atoms. The zero-order chi connectivity index (χ0) is 83.7. The fourth-order valence-electron chi connectivity index (χ4n) is 16.7. The number of amides is 2. The van der Waals surface area contributed by atoms with E-state index >= 15 is 4.79 Å². The van der Waals surface area contributed by atoms with E-state index in [0.717, 1.165) is 141 Å². The van der Waals surface area contributed by atoms with E-state index in [1.165, 1.54) is 218 Å². The van der Waals surface area contributed by atoms with Crippen molar-refractivity contribution in [1.82, 2.24) is 10.2 Å². The fourth-order valence-corrected chi connectivity index (χ4v) is 17.2. The molecular formula is C95H179N2O17P. The lowest BCUT2D eigenvalue weighted by Crippen LogP contribution is -2.66. The molecule has 9 atom stereocenters. The maximum absolute atomic E-state index is 15.1. The third-order valence-corrected chi connectivity index (χ3v) is 24.3. The molecule has 2 saturated heterocycles. The second-order valence-corrected chi connectivity index (χ2v) is 35.9. The van der Waals surface area contributed by atoms with Crippen LogP contribution in [0.15, 0.2) is 0 Å². The second kappa shape index (κ2) is 75.8. The van der Waals surface area contributed by atoms with Gasteiger partial charge in [-0.1, -0.05) is 388 Å². The highest BCUT2D eigenvalue weighted by atomic mass is 31.2. The maximum atomic E-state index is 15.1. The maximum Gasteiger partial charge on any atom is 0.470 e. The van der Waals surface area contributed by atoms with Gasteiger partial charge < -0.3 is 53.5 Å². The van der Waals surface area contributed by atoms with Crippen molar-refractivity contribution >= 4 is 43.5 Å². The fraction of sp³-hybridized carbons (Fsp3) is 0.937. The van der Waals surface area contributed by atoms with E-state index in [2.05, 4.69) is 46.9 Å². The van der Waals surface area contributed by atoms with Crippen LogP contribution < -0.4 is 5.32 Å². The first-order chi connectivity index (χ1) is 56.0. The Kier molecular flexibility index (Phi) is 71.1. The Morgan fingerprint density at radius 2 is 0.687 bits per heavy atom. The number of hydrogen-bond donors (Lipinski definition) is 4. The summed E-state index contributed by atoms with van der Waals surface area (Å²) >= 11 is 0. The molecule has 676 valence electrons. The first-order valence-electron chi connectivity index (χ1n) is 49.0. The average Bonchev–Trinajstić information content (AvgIpc) is 1.14. The summed E-state index contributed by atoms with van der Waals surface area (Å²) in [6.45, 7) is 12.7. The topological polar surface area (TPSA) is 260 Å². The van der Waals surface area contributed by atoms with E-state index in [1.54, 1.807) is 4.90 Å². The zero-order valence-corrected chi connectivity index (χ0v) is 75.9. The van der Waals surface area contributed by atoms with E-state index in [1.807, 2.05) is 0 Å². The van der Waals surface area contributed by atoms with Gasteiger partial charge in [-0.25, -0.2) is 4.57 Å². The number of nitrogens with zero attached hydrogens (tertiary/aromatic N) is 1. The van der Waals surface area contributed by atoms with E-state index < -0.39 is 99.7 Å². The number of ether oxygens (including phenoxy) is 6. The Bertz CT molecular complexity index is 2360. The van der Waals surface area contributed by atoms with E-state index in [4.69, 9.17) is 32.9 Å². The van der Waals surface area contributed by atoms with Crippen molar-refractivity contribution in [2.45, 2.75) is 552 Å². The van der Waals surface area contributed by atoms with Crippen molar-refractivity contribution in [3.05, 3.63) is 0 Å². The van der Waals surface area contributed by atoms with E-state index in [9.17, 15) is 43.4 Å². The van der Waals surface area contributed by atoms with Crippen LogP contribution in [0.1, 0.15) is 497 Å². The first-order valence-corrected chi connectivity index (χ1v) is 50.5. The molecule has 0 aromatic carbocycles. The van der Waals surface area contributed by atoms with Crippen LogP contribution in [-0.2, 0) is 66.3 Å². The Hall–Kier alpha value is -3.19. The molecule has 20 heteroatoms. The van der Waals surface area contributed by atoms with Crippen LogP contribution in [0.2, 0.25) is 0 Å². The number of hydrogen-bond acceptors (Lipinski definition) is 15. The van der Waals surface area contributed by atoms with E-state index in [0.29, 0.717) is 70.8 Å². The Labute approximate surface area is 703 Å². The number of carbonyl (C=O) groups is 6. The van der Waals surface area contributed by atoms with Crippen LogP contribution in [0.5, 0.6) is 0 Å². The summed E-state index contributed by atoms with van der Waals surface area (Å²) in [5.41, 5.74) is 0. The predicted octanol–water partition coefficient (Wildman–Crippen LogP) is 25.4. The van der Waals surface area contributed by atoms with Crippen molar-refractivity contribution in [1.29, 1.82) is 0 Å². The predicted molar refractivity (Wildman–Crippen MR) is 467 cm³/mol. The highest BCUT2D eigenvalue weighted by molar-refractivity contribution is 7.46. The van der Waals surface area contributed by atoms with Gasteiger partial charge in [0.1, 0.15) is 36.6 Å². The molecule has 0 saturated carbocycles. The molecule has 0 aromatic rings. The van der Waals surface area contributed by atoms with Gasteiger partial charge in [0.25, 0.3) is 0 Å². The summed E-state index contributed by atoms with van der Waals surface area (Å²) in [5, 5.41) is 14.1. The number of carbonyl (C=O) groups excluding carboxylic acids is 6. The van der Waals surface area contributed by atoms with Gasteiger partial charge in [-0.05, 0) is 70.6 Å². The number of aliphatic hydroxyl groups is 1. The molecule has 0 aliphatic carbocycles. The summed E-state index contributed by atoms with van der Waals surface area (Å²) in [7, 11) is -5.49. The third kappa shape index (κ3) is 60.9. The highest BCUT2D eigenvalue weighted by Gasteiger charge is 2.53. The smallest absolute Gasteiger partial charge is 0.462 e. The number of unbranched alkanes of at least 4 members (excludes halogenated alkanes) is 54. The zero-order valence-electron chi connectivity index (χ0n) is 75.0. The van der Waals surface area contributed by atoms with Gasteiger partial charge in [0.15, 0.2) is 12.4 Å². The van der Waals surface area contributed by atoms with Gasteiger partial charge in [-0.15, -0.1) is 0 Å². The monoisotopic (exact) mass is 1650 g/mol. The quantitative estimate of drug-likeness (QED) is 0.0191. The number of phosphoric ester groups is 1. The molecule has 19 nitrogen and oxygen atoms in total. The SMILES string of the molecule is CCCCCCCCCCCCCC(=O)OC(CCCCCCCCCCC)CC(=O)N[C@H]1C(OCC2CCCN2C(=O)CC(CCCCCCCCCCC)OC(=O)CCCCCCCCCCCCC)O[C@H](CO)[C@@H](OP(=O)(O)O)[C@@H]1OC(=O)CC(CCCCCCCCCCC)OC(=O)CCCCCCCCCCCCC. The van der Waals surface area contributed by atoms with Crippen LogP contribution in [0.25, 0.3) is 0 Å². The molecule has 0 radical (unpaired) electrons. The molecule has 4 N–H and O–H groups in total. The molecule has 2 fully saturated rings. The molecule has 2 rings (SSSR count). The second-order valence-electron chi connectivity index (χ2n) is 34.7. The molecule has 2 amide bonds. The molecule has 5 unspecified atom stereocenters. The van der Waals surface area contributed by atoms with Gasteiger partial charge >= 0.3 is 31.7 Å². The lowest BCUT2D eigenvalue weighted by Gasteiger charge is -2.45. The van der Waals surface area contributed by atoms with Crippen LogP contribution in [0.3, 0.4) is 0 Å². The molecule has 2 aliphatic rings. The number of likely N-dealkylation sites (tertiary alicyclic amines) is 1. The molecule has 2 heterocycles. The lowest BCUT2D eigenvalue weighted by atomic mass is 9.95. The average molecular weight is 1650 g/mol. The van der Waals surface area contributed by atoms with Gasteiger partial charge in [-0.3, -0.25) is 33.3 Å². The van der Waals surface area contributed by atoms with Crippen LogP contribution in [0.4, 0.5) is 0 Å². The first kappa shape index (κ1) is 108. The van der Waals surface area contributed by atoms with E-state index in [-0.39, 0.29) is 44.2 Å². The van der Waals surface area contributed by atoms with Crippen LogP contribution >= 0.6 is 7.82 Å². The van der Waals surface area contributed by atoms with Gasteiger partial charge in [0.2, 0.25) is 11.8 Å². The number of esters is 4. The van der Waals surface area contributed by atoms with Crippen molar-refractivity contribution in [2.75, 3.05) is 19.8 Å². The summed E-state index contributed by atoms with van der Waals surface area (Å²) in [5.74, 6) is -2.89. The van der Waals surface area contributed by atoms with Gasteiger partial charge in [0, 0.05) is 25.8 Å². The van der Waals surface area contributed by atoms with Crippen molar-refractivity contribution < 1.29 is 81.2 Å². The van der Waals surface area contributed by atoms with Gasteiger partial charge in [0.05, 0.1) is 38.5 Å². The molecule has 0 aromatic heterocycles. The minimum absolute atomic E-state index is 0.0129. The molecule has 2 aliphatic heterocycles. The molecule has 0 bridgehead atoms. The minimum Gasteiger partial charge on any atom is -0.462 e. The standard InChI is InChI=1S/C95H179N2O17P/c1-7-13-19-25-31-37-40-46-52-58-64-72-88(101)109-82(69-61-55-49-43-34-28-22-16-10-4)76-86(99)96-92-94(113-91(104)78-84(71-63-57-51-45-36-30-24-18-12-6)111-90(103)74-66-60-54-48-42-39-33-27-21-15-9-3)93(114-115(105,106)107)85(79-98)112-95(92)108-80-81-68-67-75-97(81)87(100)77-83(70-62-56-50-44-35-29-23-17-11-5)110-89(102)73-65-59-53-47-41-38-32-26-20-14-8-2/h81-85,92-95,98H,7-80H2,1-6H3,(H,96,99)(H2,105,106,107)/t81?,82?,83?,84?,85-,92-,93-,94-,95?/m1/s1. The number of nitrogens with one attached hydrogen (secondary N) is 1. The van der Waals surface area contributed by atoms with Gasteiger partial charge in [-0.2, -0.15) is 0 Å². The van der Waals surface area contributed by atoms with Crippen molar-refractivity contribution in [2.24, 2.45) is 0 Å². The highest BCUT2D eigenvalue weighted by Crippen LogP contribution is 2.43. The van der Waals surface area contributed by atoms with Crippen LogP contribution in [0, 0.1) is 0 Å².